The molecule has 2 aromatic carbocycles. The van der Waals surface area contributed by atoms with E-state index >= 15 is 0 Å². The summed E-state index contributed by atoms with van der Waals surface area (Å²) in [5, 5.41) is 17.3. The number of rotatable bonds is 10. The minimum absolute atomic E-state index is 0.106. The Morgan fingerprint density at radius 3 is 2.12 bits per heavy atom. The Morgan fingerprint density at radius 1 is 0.906 bits per heavy atom. The van der Waals surface area contributed by atoms with E-state index in [1.54, 1.807) is 11.3 Å². The van der Waals surface area contributed by atoms with Crippen LogP contribution in [-0.2, 0) is 19.5 Å². The van der Waals surface area contributed by atoms with Gasteiger partial charge in [-0.05, 0) is 29.0 Å². The Morgan fingerprint density at radius 2 is 1.56 bits per heavy atom. The summed E-state index contributed by atoms with van der Waals surface area (Å²) in [6.07, 6.45) is 2.16. The highest BCUT2D eigenvalue weighted by molar-refractivity contribution is 7.09. The molecule has 0 aliphatic carbocycles. The van der Waals surface area contributed by atoms with E-state index in [1.807, 2.05) is 83.1 Å². The smallest absolute Gasteiger partial charge is 0.353 e. The van der Waals surface area contributed by atoms with Crippen LogP contribution in [0, 0.1) is 10.1 Å². The lowest BCUT2D eigenvalue weighted by molar-refractivity contribution is -0.383. The summed E-state index contributed by atoms with van der Waals surface area (Å²) in [6.45, 7) is 1.53. The van der Waals surface area contributed by atoms with Gasteiger partial charge >= 0.3 is 5.69 Å². The van der Waals surface area contributed by atoms with Crippen molar-refractivity contribution < 1.29 is 4.92 Å². The summed E-state index contributed by atoms with van der Waals surface area (Å²) < 4.78 is 0. The lowest BCUT2D eigenvalue weighted by Crippen LogP contribution is -2.25. The summed E-state index contributed by atoms with van der Waals surface area (Å²) >= 11 is 1.66. The highest BCUT2D eigenvalue weighted by Gasteiger charge is 2.27. The number of anilines is 2. The minimum Gasteiger partial charge on any atom is -0.364 e. The fraction of sp³-hybridized carbons (Fsp3) is 0.167. The average Bonchev–Trinajstić information content (AvgIpc) is 3.33. The topological polar surface area (TPSA) is 84.2 Å². The van der Waals surface area contributed by atoms with Crippen LogP contribution in [0.3, 0.4) is 0 Å². The van der Waals surface area contributed by atoms with Crippen LogP contribution in [-0.4, -0.2) is 21.4 Å². The van der Waals surface area contributed by atoms with Gasteiger partial charge in [0.15, 0.2) is 0 Å². The van der Waals surface area contributed by atoms with E-state index < -0.39 is 4.92 Å². The van der Waals surface area contributed by atoms with Crippen LogP contribution in [0.5, 0.6) is 0 Å². The molecule has 0 aliphatic heterocycles. The molecule has 0 saturated heterocycles. The zero-order valence-corrected chi connectivity index (χ0v) is 18.2. The van der Waals surface area contributed by atoms with E-state index in [0.29, 0.717) is 25.5 Å². The summed E-state index contributed by atoms with van der Waals surface area (Å²) in [5.41, 5.74) is 1.98. The molecule has 0 fully saturated rings. The Hall–Kier alpha value is -3.78. The van der Waals surface area contributed by atoms with Gasteiger partial charge in [-0.3, -0.25) is 10.1 Å². The van der Waals surface area contributed by atoms with E-state index in [9.17, 15) is 10.1 Å². The maximum absolute atomic E-state index is 12.1. The molecule has 0 aliphatic rings. The van der Waals surface area contributed by atoms with Crippen LogP contribution in [0.4, 0.5) is 17.3 Å². The lowest BCUT2D eigenvalue weighted by Gasteiger charge is -2.24. The molecule has 8 heteroatoms. The first-order valence-corrected chi connectivity index (χ1v) is 11.2. The standard InChI is InChI=1S/C24H23N5O2S/c30-29(31)22-23(25-14-13-21-12-7-15-32-21)26-18-27-24(22)28(16-19-8-3-1-4-9-19)17-20-10-5-2-6-11-20/h1-12,15,18H,13-14,16-17H2,(H,25,26,27). The predicted octanol–water partition coefficient (Wildman–Crippen LogP) is 5.31. The molecule has 162 valence electrons. The summed E-state index contributed by atoms with van der Waals surface area (Å²) in [6, 6.07) is 23.8. The zero-order valence-electron chi connectivity index (χ0n) is 17.4. The van der Waals surface area contributed by atoms with Gasteiger partial charge in [0.05, 0.1) is 4.92 Å². The van der Waals surface area contributed by atoms with Crippen LogP contribution in [0.15, 0.2) is 84.5 Å². The van der Waals surface area contributed by atoms with Crippen molar-refractivity contribution in [2.75, 3.05) is 16.8 Å². The fourth-order valence-electron chi connectivity index (χ4n) is 3.47. The Balaban J connectivity index is 1.64. The number of benzene rings is 2. The monoisotopic (exact) mass is 445 g/mol. The van der Waals surface area contributed by atoms with Crippen molar-refractivity contribution in [3.63, 3.8) is 0 Å². The third-order valence-corrected chi connectivity index (χ3v) is 5.90. The van der Waals surface area contributed by atoms with E-state index in [-0.39, 0.29) is 11.5 Å². The molecular weight excluding hydrogens is 422 g/mol. The quantitative estimate of drug-likeness (QED) is 0.263. The molecule has 0 radical (unpaired) electrons. The van der Waals surface area contributed by atoms with Crippen molar-refractivity contribution >= 4 is 28.7 Å². The molecule has 0 saturated carbocycles. The normalized spacial score (nSPS) is 10.6. The summed E-state index contributed by atoms with van der Waals surface area (Å²) in [4.78, 5) is 23.4. The van der Waals surface area contributed by atoms with Gasteiger partial charge in [0.2, 0.25) is 11.6 Å². The second-order valence-electron chi connectivity index (χ2n) is 7.23. The van der Waals surface area contributed by atoms with E-state index in [4.69, 9.17) is 0 Å². The SMILES string of the molecule is O=[N+]([O-])c1c(NCCc2cccs2)ncnc1N(Cc1ccccc1)Cc1ccccc1. The van der Waals surface area contributed by atoms with Crippen LogP contribution in [0.1, 0.15) is 16.0 Å². The van der Waals surface area contributed by atoms with Crippen molar-refractivity contribution in [1.29, 1.82) is 0 Å². The Labute approximate surface area is 190 Å². The fourth-order valence-corrected chi connectivity index (χ4v) is 4.18. The summed E-state index contributed by atoms with van der Waals surface area (Å²) in [7, 11) is 0. The van der Waals surface area contributed by atoms with Crippen LogP contribution < -0.4 is 10.2 Å². The predicted molar refractivity (Wildman–Crippen MR) is 128 cm³/mol. The van der Waals surface area contributed by atoms with E-state index in [0.717, 1.165) is 17.5 Å². The molecule has 2 heterocycles. The molecule has 0 atom stereocenters. The van der Waals surface area contributed by atoms with Gasteiger partial charge in [0.25, 0.3) is 0 Å². The van der Waals surface area contributed by atoms with Gasteiger partial charge in [-0.2, -0.15) is 0 Å². The molecule has 0 spiro atoms. The number of thiophene rings is 1. The van der Waals surface area contributed by atoms with Crippen molar-refractivity contribution in [2.45, 2.75) is 19.5 Å². The number of hydrogen-bond donors (Lipinski definition) is 1. The van der Waals surface area contributed by atoms with Gasteiger partial charge < -0.3 is 10.2 Å². The lowest BCUT2D eigenvalue weighted by atomic mass is 10.1. The van der Waals surface area contributed by atoms with Gasteiger partial charge in [-0.25, -0.2) is 9.97 Å². The first kappa shape index (κ1) is 21.5. The van der Waals surface area contributed by atoms with Crippen LogP contribution in [0.25, 0.3) is 0 Å². The number of nitrogens with one attached hydrogen (secondary N) is 1. The molecule has 0 bridgehead atoms. The van der Waals surface area contributed by atoms with Gasteiger partial charge in [-0.15, -0.1) is 11.3 Å². The van der Waals surface area contributed by atoms with E-state index in [1.165, 1.54) is 11.2 Å². The number of hydrogen-bond acceptors (Lipinski definition) is 7. The van der Waals surface area contributed by atoms with Gasteiger partial charge in [0, 0.05) is 24.5 Å². The third kappa shape index (κ3) is 5.47. The molecule has 4 aromatic rings. The second-order valence-corrected chi connectivity index (χ2v) is 8.27. The van der Waals surface area contributed by atoms with Gasteiger partial charge in [-0.1, -0.05) is 66.7 Å². The van der Waals surface area contributed by atoms with Crippen molar-refractivity contribution in [1.82, 2.24) is 9.97 Å². The van der Waals surface area contributed by atoms with Crippen LogP contribution in [0.2, 0.25) is 0 Å². The first-order valence-electron chi connectivity index (χ1n) is 10.3. The maximum atomic E-state index is 12.1. The second kappa shape index (κ2) is 10.5. The molecule has 4 rings (SSSR count). The number of nitro groups is 1. The largest absolute Gasteiger partial charge is 0.364 e. The Bertz CT molecular complexity index is 1100. The van der Waals surface area contributed by atoms with Crippen molar-refractivity contribution in [3.8, 4) is 0 Å². The number of aromatic nitrogens is 2. The first-order chi connectivity index (χ1) is 15.7. The highest BCUT2D eigenvalue weighted by atomic mass is 32.1. The number of nitrogens with zero attached hydrogens (tertiary/aromatic N) is 4. The highest BCUT2D eigenvalue weighted by Crippen LogP contribution is 2.33. The molecule has 32 heavy (non-hydrogen) atoms. The van der Waals surface area contributed by atoms with Crippen LogP contribution >= 0.6 is 11.3 Å². The molecule has 1 N–H and O–H groups in total. The Kier molecular flexibility index (Phi) is 7.04. The van der Waals surface area contributed by atoms with Gasteiger partial charge in [0.1, 0.15) is 6.33 Å². The zero-order chi connectivity index (χ0) is 22.2. The molecule has 0 amide bonds. The van der Waals surface area contributed by atoms with E-state index in [2.05, 4.69) is 15.3 Å². The van der Waals surface area contributed by atoms with Crippen molar-refractivity contribution in [2.24, 2.45) is 0 Å². The molecular formula is C24H23N5O2S. The minimum atomic E-state index is -0.397. The summed E-state index contributed by atoms with van der Waals surface area (Å²) in [5.74, 6) is 0.541. The van der Waals surface area contributed by atoms with Crippen molar-refractivity contribution in [3.05, 3.63) is 111 Å². The molecule has 0 unspecified atom stereocenters. The average molecular weight is 446 g/mol. The third-order valence-electron chi connectivity index (χ3n) is 4.96. The molecule has 2 aromatic heterocycles. The molecule has 7 nitrogen and oxygen atoms in total. The maximum Gasteiger partial charge on any atom is 0.353 e.